The summed E-state index contributed by atoms with van der Waals surface area (Å²) in [4.78, 5) is 12.6. The van der Waals surface area contributed by atoms with Gasteiger partial charge >= 0.3 is 0 Å². The van der Waals surface area contributed by atoms with E-state index in [2.05, 4.69) is 36.2 Å². The third-order valence-electron chi connectivity index (χ3n) is 2.49. The van der Waals surface area contributed by atoms with Crippen molar-refractivity contribution in [1.29, 1.82) is 0 Å². The summed E-state index contributed by atoms with van der Waals surface area (Å²) in [5.74, 6) is 6.48. The number of aromatic nitrogens is 5. The lowest BCUT2D eigenvalue weighted by Gasteiger charge is -2.07. The molecule has 0 saturated carbocycles. The second kappa shape index (κ2) is 5.63. The number of nitrogens with two attached hydrogens (primary N) is 1. The van der Waals surface area contributed by atoms with Crippen LogP contribution in [0.1, 0.15) is 5.56 Å². The number of hydrogen-bond acceptors (Lipinski definition) is 8. The van der Waals surface area contributed by atoms with Gasteiger partial charge in [-0.2, -0.15) is 31.4 Å². The molecule has 0 amide bonds. The lowest BCUT2D eigenvalue weighted by molar-refractivity contribution is 0.795. The molecular weight excluding hydrogens is 276 g/mol. The van der Waals surface area contributed by atoms with Crippen molar-refractivity contribution in [3.05, 3.63) is 40.8 Å². The Balaban J connectivity index is 1.84. The molecule has 0 bridgehead atoms. The van der Waals surface area contributed by atoms with E-state index >= 15 is 0 Å². The average molecular weight is 288 g/mol. The third-order valence-corrected chi connectivity index (χ3v) is 3.22. The molecule has 9 heteroatoms. The van der Waals surface area contributed by atoms with E-state index in [-0.39, 0.29) is 5.95 Å². The zero-order chi connectivity index (χ0) is 13.8. The molecule has 0 aliphatic rings. The van der Waals surface area contributed by atoms with Crippen LogP contribution in [0.15, 0.2) is 35.3 Å². The minimum atomic E-state index is 0.276. The number of nitrogens with zero attached hydrogens (tertiary/aromatic N) is 5. The monoisotopic (exact) mass is 288 g/mol. The summed E-state index contributed by atoms with van der Waals surface area (Å²) in [7, 11) is 0. The molecule has 0 aromatic carbocycles. The van der Waals surface area contributed by atoms with Crippen molar-refractivity contribution in [2.24, 2.45) is 5.84 Å². The molecule has 0 unspecified atom stereocenters. The van der Waals surface area contributed by atoms with E-state index in [0.717, 1.165) is 0 Å². The van der Waals surface area contributed by atoms with Crippen LogP contribution in [0.25, 0.3) is 5.95 Å². The predicted octanol–water partition coefficient (Wildman–Crippen LogP) is 1.02. The number of nitrogen functional groups attached to an aromatic ring is 1. The second-order valence-corrected chi connectivity index (χ2v) is 4.64. The van der Waals surface area contributed by atoms with E-state index in [1.165, 1.54) is 10.2 Å². The summed E-state index contributed by atoms with van der Waals surface area (Å²) in [5, 5.41) is 11.3. The minimum Gasteiger partial charge on any atom is -0.350 e. The summed E-state index contributed by atoms with van der Waals surface area (Å²) >= 11 is 1.64. The van der Waals surface area contributed by atoms with Gasteiger partial charge in [0.05, 0.1) is 0 Å². The molecule has 0 aliphatic carbocycles. The van der Waals surface area contributed by atoms with Gasteiger partial charge in [0.15, 0.2) is 0 Å². The van der Waals surface area contributed by atoms with Crippen molar-refractivity contribution in [2.45, 2.75) is 6.54 Å². The van der Waals surface area contributed by atoms with Gasteiger partial charge in [-0.15, -0.1) is 0 Å². The molecular formula is C11H12N8S. The van der Waals surface area contributed by atoms with Crippen molar-refractivity contribution in [3.8, 4) is 5.95 Å². The summed E-state index contributed by atoms with van der Waals surface area (Å²) in [5.41, 5.74) is 3.59. The van der Waals surface area contributed by atoms with Crippen LogP contribution in [0.5, 0.6) is 0 Å². The molecule has 102 valence electrons. The minimum absolute atomic E-state index is 0.276. The van der Waals surface area contributed by atoms with Crippen molar-refractivity contribution in [3.63, 3.8) is 0 Å². The Morgan fingerprint density at radius 1 is 1.25 bits per heavy atom. The molecule has 3 rings (SSSR count). The maximum atomic E-state index is 5.37. The van der Waals surface area contributed by atoms with Crippen molar-refractivity contribution < 1.29 is 0 Å². The molecule has 0 saturated heterocycles. The number of hydrogen-bond donors (Lipinski definition) is 3. The summed E-state index contributed by atoms with van der Waals surface area (Å²) in [6.45, 7) is 0.635. The van der Waals surface area contributed by atoms with Crippen molar-refractivity contribution >= 4 is 23.2 Å². The molecule has 0 fully saturated rings. The highest BCUT2D eigenvalue weighted by Gasteiger charge is 2.07. The van der Waals surface area contributed by atoms with Crippen molar-refractivity contribution in [2.75, 3.05) is 10.7 Å². The second-order valence-electron chi connectivity index (χ2n) is 3.86. The fourth-order valence-corrected chi connectivity index (χ4v) is 2.24. The zero-order valence-corrected chi connectivity index (χ0v) is 11.2. The maximum absolute atomic E-state index is 5.37. The van der Waals surface area contributed by atoms with Gasteiger partial charge < -0.3 is 5.32 Å². The van der Waals surface area contributed by atoms with Gasteiger partial charge in [-0.25, -0.2) is 10.5 Å². The van der Waals surface area contributed by atoms with Gasteiger partial charge in [0.25, 0.3) is 5.95 Å². The van der Waals surface area contributed by atoms with Crippen LogP contribution in [0.3, 0.4) is 0 Å². The first kappa shape index (κ1) is 12.5. The first-order valence-electron chi connectivity index (χ1n) is 5.83. The molecule has 0 radical (unpaired) electrons. The number of hydrazine groups is 1. The van der Waals surface area contributed by atoms with Crippen LogP contribution < -0.4 is 16.6 Å². The molecule has 0 spiro atoms. The molecule has 20 heavy (non-hydrogen) atoms. The predicted molar refractivity (Wildman–Crippen MR) is 76.4 cm³/mol. The van der Waals surface area contributed by atoms with Gasteiger partial charge in [0.1, 0.15) is 0 Å². The Bertz CT molecular complexity index is 664. The molecule has 3 heterocycles. The number of nitrogens with one attached hydrogen (secondary N) is 2. The van der Waals surface area contributed by atoms with Gasteiger partial charge in [-0.1, -0.05) is 0 Å². The van der Waals surface area contributed by atoms with Crippen LogP contribution in [0, 0.1) is 0 Å². The number of thiophene rings is 1. The first-order chi connectivity index (χ1) is 9.85. The van der Waals surface area contributed by atoms with Gasteiger partial charge in [-0.05, 0) is 28.5 Å². The van der Waals surface area contributed by atoms with E-state index in [0.29, 0.717) is 18.4 Å². The van der Waals surface area contributed by atoms with E-state index in [9.17, 15) is 0 Å². The van der Waals surface area contributed by atoms with Crippen LogP contribution >= 0.6 is 11.3 Å². The quantitative estimate of drug-likeness (QED) is 0.475. The lowest BCUT2D eigenvalue weighted by atomic mass is 10.3. The fourth-order valence-electron chi connectivity index (χ4n) is 1.57. The van der Waals surface area contributed by atoms with Crippen LogP contribution in [-0.4, -0.2) is 24.7 Å². The Morgan fingerprint density at radius 3 is 2.85 bits per heavy atom. The Morgan fingerprint density at radius 2 is 2.15 bits per heavy atom. The zero-order valence-electron chi connectivity index (χ0n) is 10.4. The molecule has 8 nitrogen and oxygen atoms in total. The van der Waals surface area contributed by atoms with Crippen LogP contribution in [-0.2, 0) is 6.54 Å². The maximum Gasteiger partial charge on any atom is 0.257 e. The highest BCUT2D eigenvalue weighted by Crippen LogP contribution is 2.11. The molecule has 4 N–H and O–H groups in total. The normalized spacial score (nSPS) is 10.4. The van der Waals surface area contributed by atoms with Gasteiger partial charge in [0, 0.05) is 18.9 Å². The average Bonchev–Trinajstić information content (AvgIpc) is 3.17. The SMILES string of the molecule is NNc1nc(NCc2ccsc2)nc(-n2cccn2)n1. The smallest absolute Gasteiger partial charge is 0.257 e. The summed E-state index contributed by atoms with van der Waals surface area (Å²) in [6, 6.07) is 3.83. The highest BCUT2D eigenvalue weighted by atomic mass is 32.1. The fraction of sp³-hybridized carbons (Fsp3) is 0.0909. The molecule has 3 aromatic heterocycles. The Labute approximate surface area is 118 Å². The standard InChI is InChI=1S/C11H12N8S/c12-18-10-15-9(13-6-8-2-5-20-7-8)16-11(17-10)19-4-1-3-14-19/h1-5,7H,6,12H2,(H2,13,15,16,17,18). The molecule has 0 aliphatic heterocycles. The van der Waals surface area contributed by atoms with Crippen LogP contribution in [0.2, 0.25) is 0 Å². The number of anilines is 2. The summed E-state index contributed by atoms with van der Waals surface area (Å²) in [6.07, 6.45) is 3.40. The number of rotatable bonds is 5. The van der Waals surface area contributed by atoms with E-state index in [1.54, 1.807) is 29.8 Å². The van der Waals surface area contributed by atoms with Crippen LogP contribution in [0.4, 0.5) is 11.9 Å². The summed E-state index contributed by atoms with van der Waals surface area (Å²) < 4.78 is 1.54. The Hall–Kier alpha value is -2.52. The third kappa shape index (κ3) is 2.73. The van der Waals surface area contributed by atoms with Gasteiger partial charge in [0.2, 0.25) is 11.9 Å². The van der Waals surface area contributed by atoms with E-state index in [1.807, 2.05) is 11.4 Å². The molecule has 3 aromatic rings. The van der Waals surface area contributed by atoms with Crippen molar-refractivity contribution in [1.82, 2.24) is 24.7 Å². The first-order valence-corrected chi connectivity index (χ1v) is 6.77. The highest BCUT2D eigenvalue weighted by molar-refractivity contribution is 7.07. The van der Waals surface area contributed by atoms with E-state index in [4.69, 9.17) is 5.84 Å². The van der Waals surface area contributed by atoms with E-state index < -0.39 is 0 Å². The van der Waals surface area contributed by atoms with Gasteiger partial charge in [-0.3, -0.25) is 5.43 Å². The largest absolute Gasteiger partial charge is 0.350 e. The Kier molecular flexibility index (Phi) is 3.52. The molecule has 0 atom stereocenters. The topological polar surface area (TPSA) is 107 Å². The lowest BCUT2D eigenvalue weighted by Crippen LogP contribution is -2.16.